The molecule has 1 aliphatic heterocycles. The largest absolute Gasteiger partial charge is 0.370 e. The Balaban J connectivity index is 1.79. The van der Waals surface area contributed by atoms with Crippen LogP contribution in [0.2, 0.25) is 0 Å². The number of para-hydroxylation sites is 2. The van der Waals surface area contributed by atoms with Crippen molar-refractivity contribution >= 4 is 28.6 Å². The molecule has 2 heterocycles. The highest BCUT2D eigenvalue weighted by Gasteiger charge is 2.20. The van der Waals surface area contributed by atoms with E-state index < -0.39 is 0 Å². The third-order valence-corrected chi connectivity index (χ3v) is 5.41. The van der Waals surface area contributed by atoms with E-state index >= 15 is 0 Å². The van der Waals surface area contributed by atoms with E-state index in [1.54, 1.807) is 0 Å². The monoisotopic (exact) mass is 343 g/mol. The summed E-state index contributed by atoms with van der Waals surface area (Å²) in [7, 11) is 0. The van der Waals surface area contributed by atoms with Gasteiger partial charge in [0.1, 0.15) is 4.88 Å². The molecule has 4 nitrogen and oxygen atoms in total. The molecule has 0 bridgehead atoms. The number of hydrogen-bond acceptors (Lipinski definition) is 4. The maximum absolute atomic E-state index is 12.7. The Bertz CT molecular complexity index is 717. The number of thiazole rings is 1. The highest BCUT2D eigenvalue weighted by molar-refractivity contribution is 7.13. The number of nitrogens with one attached hydrogen (secondary N) is 1. The second-order valence-electron chi connectivity index (χ2n) is 6.79. The van der Waals surface area contributed by atoms with Gasteiger partial charge in [0.2, 0.25) is 0 Å². The van der Waals surface area contributed by atoms with Crippen molar-refractivity contribution in [3.8, 4) is 0 Å². The number of nitrogens with zero attached hydrogens (tertiary/aromatic N) is 2. The zero-order valence-corrected chi connectivity index (χ0v) is 15.4. The van der Waals surface area contributed by atoms with Gasteiger partial charge in [-0.15, -0.1) is 11.3 Å². The Labute approximate surface area is 147 Å². The van der Waals surface area contributed by atoms with Crippen LogP contribution in [0.5, 0.6) is 0 Å². The van der Waals surface area contributed by atoms with Crippen molar-refractivity contribution < 1.29 is 4.79 Å². The Hall–Kier alpha value is -1.88. The number of amides is 1. The minimum absolute atomic E-state index is 0.0494. The second kappa shape index (κ2) is 7.34. The average Bonchev–Trinajstić information content (AvgIpc) is 3.17. The molecule has 0 unspecified atom stereocenters. The number of benzene rings is 1. The molecule has 0 atom stereocenters. The van der Waals surface area contributed by atoms with E-state index in [2.05, 4.69) is 35.1 Å². The zero-order valence-electron chi connectivity index (χ0n) is 14.6. The number of anilines is 2. The molecular weight excluding hydrogens is 318 g/mol. The van der Waals surface area contributed by atoms with Gasteiger partial charge in [-0.2, -0.15) is 0 Å². The van der Waals surface area contributed by atoms with Crippen LogP contribution >= 0.6 is 11.3 Å². The Kier molecular flexibility index (Phi) is 5.19. The molecule has 1 aliphatic rings. The molecule has 1 saturated heterocycles. The van der Waals surface area contributed by atoms with Crippen molar-refractivity contribution in [1.29, 1.82) is 0 Å². The van der Waals surface area contributed by atoms with Gasteiger partial charge in [-0.1, -0.05) is 26.0 Å². The van der Waals surface area contributed by atoms with Gasteiger partial charge < -0.3 is 10.2 Å². The lowest BCUT2D eigenvalue weighted by Crippen LogP contribution is -2.21. The molecule has 0 aliphatic carbocycles. The van der Waals surface area contributed by atoms with Crippen LogP contribution in [0.4, 0.5) is 11.4 Å². The predicted octanol–water partition coefficient (Wildman–Crippen LogP) is 4.50. The summed E-state index contributed by atoms with van der Waals surface area (Å²) in [6.45, 7) is 8.38. The van der Waals surface area contributed by atoms with Crippen molar-refractivity contribution in [3.05, 3.63) is 39.8 Å². The highest BCUT2D eigenvalue weighted by atomic mass is 32.1. The van der Waals surface area contributed by atoms with Gasteiger partial charge in [-0.05, 0) is 37.8 Å². The average molecular weight is 343 g/mol. The molecule has 5 heteroatoms. The number of rotatable bonds is 5. The first-order valence-electron chi connectivity index (χ1n) is 8.66. The van der Waals surface area contributed by atoms with Crippen LogP contribution in [-0.2, 0) is 6.42 Å². The molecule has 1 N–H and O–H groups in total. The van der Waals surface area contributed by atoms with Gasteiger partial charge in [-0.3, -0.25) is 4.79 Å². The molecule has 0 saturated carbocycles. The van der Waals surface area contributed by atoms with Gasteiger partial charge in [0.15, 0.2) is 0 Å². The van der Waals surface area contributed by atoms with Crippen molar-refractivity contribution in [2.75, 3.05) is 23.3 Å². The predicted molar refractivity (Wildman–Crippen MR) is 101 cm³/mol. The third kappa shape index (κ3) is 3.78. The van der Waals surface area contributed by atoms with E-state index in [1.807, 2.05) is 25.1 Å². The Morgan fingerprint density at radius 2 is 2.00 bits per heavy atom. The van der Waals surface area contributed by atoms with E-state index in [-0.39, 0.29) is 5.91 Å². The second-order valence-corrected chi connectivity index (χ2v) is 7.87. The van der Waals surface area contributed by atoms with E-state index in [0.29, 0.717) is 5.92 Å². The summed E-state index contributed by atoms with van der Waals surface area (Å²) in [5.74, 6) is 0.494. The fourth-order valence-corrected chi connectivity index (χ4v) is 4.26. The zero-order chi connectivity index (χ0) is 17.1. The minimum Gasteiger partial charge on any atom is -0.370 e. The van der Waals surface area contributed by atoms with E-state index in [9.17, 15) is 4.79 Å². The molecule has 1 aromatic heterocycles. The fraction of sp³-hybridized carbons (Fsp3) is 0.474. The summed E-state index contributed by atoms with van der Waals surface area (Å²) in [5, 5.41) is 4.14. The van der Waals surface area contributed by atoms with E-state index in [1.165, 1.54) is 24.2 Å². The summed E-state index contributed by atoms with van der Waals surface area (Å²) in [5.41, 5.74) is 2.84. The van der Waals surface area contributed by atoms with Gasteiger partial charge in [-0.25, -0.2) is 4.98 Å². The molecule has 1 aromatic carbocycles. The number of hydrogen-bond donors (Lipinski definition) is 1. The first-order chi connectivity index (χ1) is 11.5. The van der Waals surface area contributed by atoms with Crippen LogP contribution in [0.3, 0.4) is 0 Å². The summed E-state index contributed by atoms with van der Waals surface area (Å²) in [6, 6.07) is 8.07. The Morgan fingerprint density at radius 1 is 1.29 bits per heavy atom. The van der Waals surface area contributed by atoms with Gasteiger partial charge in [0.25, 0.3) is 5.91 Å². The first kappa shape index (κ1) is 17.0. The van der Waals surface area contributed by atoms with Crippen LogP contribution in [0.1, 0.15) is 47.1 Å². The molecule has 3 rings (SSSR count). The van der Waals surface area contributed by atoms with E-state index in [4.69, 9.17) is 0 Å². The molecular formula is C19H25N3OS. The first-order valence-corrected chi connectivity index (χ1v) is 9.48. The minimum atomic E-state index is -0.0494. The summed E-state index contributed by atoms with van der Waals surface area (Å²) >= 11 is 1.52. The van der Waals surface area contributed by atoms with Crippen molar-refractivity contribution in [2.45, 2.75) is 40.0 Å². The smallest absolute Gasteiger partial charge is 0.267 e. The fourth-order valence-electron chi connectivity index (χ4n) is 3.09. The lowest BCUT2D eigenvalue weighted by molar-refractivity contribution is 0.103. The quantitative estimate of drug-likeness (QED) is 0.869. The highest BCUT2D eigenvalue weighted by Crippen LogP contribution is 2.30. The lowest BCUT2D eigenvalue weighted by atomic mass is 10.1. The van der Waals surface area contributed by atoms with Gasteiger partial charge in [0.05, 0.1) is 22.1 Å². The van der Waals surface area contributed by atoms with E-state index in [0.717, 1.165) is 46.5 Å². The van der Waals surface area contributed by atoms with Crippen LogP contribution in [0.15, 0.2) is 24.3 Å². The van der Waals surface area contributed by atoms with Crippen LogP contribution in [0.25, 0.3) is 0 Å². The molecule has 1 fully saturated rings. The number of aryl methyl sites for hydroxylation is 1. The summed E-state index contributed by atoms with van der Waals surface area (Å²) in [6.07, 6.45) is 3.35. The number of aromatic nitrogens is 1. The molecule has 24 heavy (non-hydrogen) atoms. The van der Waals surface area contributed by atoms with Crippen molar-refractivity contribution in [1.82, 2.24) is 4.98 Å². The maximum Gasteiger partial charge on any atom is 0.267 e. The number of carbonyl (C=O) groups excluding carboxylic acids is 1. The molecule has 0 radical (unpaired) electrons. The molecule has 2 aromatic rings. The third-order valence-electron chi connectivity index (χ3n) is 4.23. The van der Waals surface area contributed by atoms with Crippen LogP contribution in [-0.4, -0.2) is 24.0 Å². The maximum atomic E-state index is 12.7. The SMILES string of the molecule is Cc1nc(CC(C)C)sc1C(=O)Nc1ccccc1N1CCCC1. The van der Waals surface area contributed by atoms with Crippen molar-refractivity contribution in [2.24, 2.45) is 5.92 Å². The van der Waals surface area contributed by atoms with Crippen LogP contribution < -0.4 is 10.2 Å². The van der Waals surface area contributed by atoms with Crippen LogP contribution in [0, 0.1) is 12.8 Å². The van der Waals surface area contributed by atoms with Gasteiger partial charge >= 0.3 is 0 Å². The molecule has 128 valence electrons. The van der Waals surface area contributed by atoms with Crippen molar-refractivity contribution in [3.63, 3.8) is 0 Å². The Morgan fingerprint density at radius 3 is 2.71 bits per heavy atom. The standard InChI is InChI=1S/C19H25N3OS/c1-13(2)12-17-20-14(3)18(24-17)19(23)21-15-8-4-5-9-16(15)22-10-6-7-11-22/h4-5,8-9,13H,6-7,10-12H2,1-3H3,(H,21,23). The lowest BCUT2D eigenvalue weighted by Gasteiger charge is -2.21. The topological polar surface area (TPSA) is 45.2 Å². The molecule has 1 amide bonds. The molecule has 0 spiro atoms. The summed E-state index contributed by atoms with van der Waals surface area (Å²) < 4.78 is 0. The van der Waals surface area contributed by atoms with Gasteiger partial charge in [0, 0.05) is 19.5 Å². The summed E-state index contributed by atoms with van der Waals surface area (Å²) in [4.78, 5) is 20.4. The number of carbonyl (C=O) groups is 1. The normalized spacial score (nSPS) is 14.4.